The summed E-state index contributed by atoms with van der Waals surface area (Å²) in [6.07, 6.45) is 3.00. The maximum atomic E-state index is 9.87. The van der Waals surface area contributed by atoms with E-state index in [0.717, 1.165) is 18.7 Å². The first kappa shape index (κ1) is 15.3. The normalized spacial score (nSPS) is 23.7. The Balaban J connectivity index is 1.59. The molecule has 112 valence electrons. The van der Waals surface area contributed by atoms with Gasteiger partial charge >= 0.3 is 0 Å². The lowest BCUT2D eigenvalue weighted by Crippen LogP contribution is -2.35. The maximum Gasteiger partial charge on any atom is 0.119 e. The van der Waals surface area contributed by atoms with Gasteiger partial charge in [-0.1, -0.05) is 24.6 Å². The first-order chi connectivity index (χ1) is 9.79. The molecule has 0 bridgehead atoms. The number of benzene rings is 1. The summed E-state index contributed by atoms with van der Waals surface area (Å²) in [7, 11) is 0. The highest BCUT2D eigenvalue weighted by Crippen LogP contribution is 2.30. The molecular formula is C16H25NO3. The Labute approximate surface area is 120 Å². The van der Waals surface area contributed by atoms with E-state index in [2.05, 4.69) is 5.32 Å². The molecule has 3 unspecified atom stereocenters. The number of aliphatic hydroxyl groups excluding tert-OH is 2. The third kappa shape index (κ3) is 4.78. The molecule has 0 aliphatic heterocycles. The quantitative estimate of drug-likeness (QED) is 0.673. The van der Waals surface area contributed by atoms with Crippen LogP contribution < -0.4 is 10.1 Å². The Hall–Kier alpha value is -1.10. The fraction of sp³-hybridized carbons (Fsp3) is 0.625. The minimum atomic E-state index is -0.510. The van der Waals surface area contributed by atoms with Crippen molar-refractivity contribution in [3.8, 4) is 5.75 Å². The summed E-state index contributed by atoms with van der Waals surface area (Å²) >= 11 is 0. The molecule has 0 amide bonds. The van der Waals surface area contributed by atoms with E-state index in [1.807, 2.05) is 30.3 Å². The zero-order valence-electron chi connectivity index (χ0n) is 11.9. The number of hydrogen-bond acceptors (Lipinski definition) is 4. The minimum Gasteiger partial charge on any atom is -0.491 e. The van der Waals surface area contributed by atoms with Crippen LogP contribution >= 0.6 is 0 Å². The van der Waals surface area contributed by atoms with Crippen molar-refractivity contribution < 1.29 is 14.9 Å². The summed E-state index contributed by atoms with van der Waals surface area (Å²) < 4.78 is 5.50. The number of nitrogens with one attached hydrogen (secondary N) is 1. The van der Waals surface area contributed by atoms with Gasteiger partial charge < -0.3 is 20.3 Å². The third-order valence-electron chi connectivity index (χ3n) is 4.02. The molecule has 3 atom stereocenters. The van der Waals surface area contributed by atoms with Crippen LogP contribution in [0.2, 0.25) is 0 Å². The van der Waals surface area contributed by atoms with Gasteiger partial charge in [0.15, 0.2) is 0 Å². The number of rotatable bonds is 8. The van der Waals surface area contributed by atoms with Crippen molar-refractivity contribution in [2.75, 3.05) is 26.3 Å². The SMILES string of the molecule is OCC1CCCC1CNCC(O)COc1ccccc1. The molecule has 4 nitrogen and oxygen atoms in total. The molecule has 0 radical (unpaired) electrons. The molecule has 0 saturated heterocycles. The van der Waals surface area contributed by atoms with Crippen LogP contribution in [0, 0.1) is 11.8 Å². The number of aliphatic hydroxyl groups is 2. The number of hydrogen-bond donors (Lipinski definition) is 3. The average molecular weight is 279 g/mol. The summed E-state index contributed by atoms with van der Waals surface area (Å²) in [5.74, 6) is 1.75. The van der Waals surface area contributed by atoms with Crippen LogP contribution in [0.1, 0.15) is 19.3 Å². The highest BCUT2D eigenvalue weighted by molar-refractivity contribution is 5.20. The predicted molar refractivity (Wildman–Crippen MR) is 78.7 cm³/mol. The molecule has 1 saturated carbocycles. The van der Waals surface area contributed by atoms with Gasteiger partial charge in [0, 0.05) is 13.2 Å². The van der Waals surface area contributed by atoms with E-state index in [9.17, 15) is 10.2 Å². The molecule has 1 aliphatic carbocycles. The van der Waals surface area contributed by atoms with Crippen LogP contribution in [0.15, 0.2) is 30.3 Å². The van der Waals surface area contributed by atoms with Crippen molar-refractivity contribution in [1.82, 2.24) is 5.32 Å². The Kier molecular flexibility index (Phi) is 6.30. The van der Waals surface area contributed by atoms with Gasteiger partial charge in [0.25, 0.3) is 0 Å². The van der Waals surface area contributed by atoms with E-state index in [0.29, 0.717) is 25.0 Å². The highest BCUT2D eigenvalue weighted by atomic mass is 16.5. The van der Waals surface area contributed by atoms with Crippen molar-refractivity contribution in [3.05, 3.63) is 30.3 Å². The lowest BCUT2D eigenvalue weighted by atomic mass is 9.97. The maximum absolute atomic E-state index is 9.87. The first-order valence-corrected chi connectivity index (χ1v) is 7.47. The second-order valence-electron chi connectivity index (χ2n) is 5.57. The topological polar surface area (TPSA) is 61.7 Å². The van der Waals surface area contributed by atoms with E-state index in [4.69, 9.17) is 4.74 Å². The van der Waals surface area contributed by atoms with Gasteiger partial charge in [0.1, 0.15) is 18.5 Å². The van der Waals surface area contributed by atoms with Gasteiger partial charge in [-0.25, -0.2) is 0 Å². The van der Waals surface area contributed by atoms with Crippen molar-refractivity contribution in [2.24, 2.45) is 11.8 Å². The zero-order chi connectivity index (χ0) is 14.2. The van der Waals surface area contributed by atoms with E-state index in [1.165, 1.54) is 12.8 Å². The lowest BCUT2D eigenvalue weighted by Gasteiger charge is -2.19. The monoisotopic (exact) mass is 279 g/mol. The molecule has 0 spiro atoms. The smallest absolute Gasteiger partial charge is 0.119 e. The molecule has 0 heterocycles. The molecule has 3 N–H and O–H groups in total. The predicted octanol–water partition coefficient (Wildman–Crippen LogP) is 1.42. The first-order valence-electron chi connectivity index (χ1n) is 7.47. The largest absolute Gasteiger partial charge is 0.491 e. The van der Waals surface area contributed by atoms with Gasteiger partial charge in [-0.15, -0.1) is 0 Å². The van der Waals surface area contributed by atoms with Gasteiger partial charge in [-0.2, -0.15) is 0 Å². The van der Waals surface area contributed by atoms with E-state index in [-0.39, 0.29) is 6.61 Å². The van der Waals surface area contributed by atoms with Crippen LogP contribution in [0.3, 0.4) is 0 Å². The second-order valence-corrected chi connectivity index (χ2v) is 5.57. The van der Waals surface area contributed by atoms with Crippen molar-refractivity contribution in [2.45, 2.75) is 25.4 Å². The summed E-state index contributed by atoms with van der Waals surface area (Å²) in [6, 6.07) is 9.52. The molecule has 1 aliphatic rings. The molecule has 1 aromatic rings. The number of para-hydroxylation sites is 1. The van der Waals surface area contributed by atoms with Crippen LogP contribution in [-0.2, 0) is 0 Å². The Morgan fingerprint density at radius 3 is 2.70 bits per heavy atom. The van der Waals surface area contributed by atoms with E-state index < -0.39 is 6.10 Å². The summed E-state index contributed by atoms with van der Waals surface area (Å²) in [5.41, 5.74) is 0. The van der Waals surface area contributed by atoms with Gasteiger partial charge in [0.2, 0.25) is 0 Å². The van der Waals surface area contributed by atoms with Crippen LogP contribution in [-0.4, -0.2) is 42.6 Å². The van der Waals surface area contributed by atoms with Crippen LogP contribution in [0.25, 0.3) is 0 Å². The molecule has 2 rings (SSSR count). The standard InChI is InChI=1S/C16H25NO3/c18-11-14-6-4-5-13(14)9-17-10-15(19)12-20-16-7-2-1-3-8-16/h1-3,7-8,13-15,17-19H,4-6,9-12H2. The minimum absolute atomic E-state index is 0.284. The summed E-state index contributed by atoms with van der Waals surface area (Å²) in [6.45, 7) is 1.98. The number of ether oxygens (including phenoxy) is 1. The molecule has 1 aromatic carbocycles. The summed E-state index contributed by atoms with van der Waals surface area (Å²) in [5, 5.41) is 22.4. The average Bonchev–Trinajstić information content (AvgIpc) is 2.94. The second kappa shape index (κ2) is 8.25. The van der Waals surface area contributed by atoms with Crippen LogP contribution in [0.4, 0.5) is 0 Å². The van der Waals surface area contributed by atoms with E-state index in [1.54, 1.807) is 0 Å². The Morgan fingerprint density at radius 2 is 1.95 bits per heavy atom. The zero-order valence-corrected chi connectivity index (χ0v) is 11.9. The Morgan fingerprint density at radius 1 is 1.20 bits per heavy atom. The molecule has 0 aromatic heterocycles. The summed E-state index contributed by atoms with van der Waals surface area (Å²) in [4.78, 5) is 0. The van der Waals surface area contributed by atoms with Crippen molar-refractivity contribution in [1.29, 1.82) is 0 Å². The molecule has 1 fully saturated rings. The van der Waals surface area contributed by atoms with Crippen LogP contribution in [0.5, 0.6) is 5.75 Å². The van der Waals surface area contributed by atoms with Gasteiger partial charge in [0.05, 0.1) is 0 Å². The molecule has 20 heavy (non-hydrogen) atoms. The molecular weight excluding hydrogens is 254 g/mol. The van der Waals surface area contributed by atoms with Gasteiger partial charge in [-0.05, 0) is 43.4 Å². The molecule has 4 heteroatoms. The lowest BCUT2D eigenvalue weighted by molar-refractivity contribution is 0.104. The van der Waals surface area contributed by atoms with Gasteiger partial charge in [-0.3, -0.25) is 0 Å². The third-order valence-corrected chi connectivity index (χ3v) is 4.02. The fourth-order valence-electron chi connectivity index (χ4n) is 2.83. The highest BCUT2D eigenvalue weighted by Gasteiger charge is 2.26. The van der Waals surface area contributed by atoms with E-state index >= 15 is 0 Å². The van der Waals surface area contributed by atoms with Crippen molar-refractivity contribution >= 4 is 0 Å². The van der Waals surface area contributed by atoms with Crippen molar-refractivity contribution in [3.63, 3.8) is 0 Å². The Bertz CT molecular complexity index is 371. The fourth-order valence-corrected chi connectivity index (χ4v) is 2.83.